The second-order valence-corrected chi connectivity index (χ2v) is 7.68. The summed E-state index contributed by atoms with van der Waals surface area (Å²) in [5, 5.41) is 2.72. The molecule has 0 atom stereocenters. The molecule has 0 saturated carbocycles. The normalized spacial score (nSPS) is 10.8. The summed E-state index contributed by atoms with van der Waals surface area (Å²) in [6.07, 6.45) is 0.902. The number of carbonyl (C=O) groups is 1. The highest BCUT2D eigenvalue weighted by Crippen LogP contribution is 2.27. The van der Waals surface area contributed by atoms with Crippen LogP contribution < -0.4 is 14.5 Å². The molecule has 2 aromatic carbocycles. The third-order valence-electron chi connectivity index (χ3n) is 4.26. The number of aromatic nitrogens is 1. The zero-order valence-corrected chi connectivity index (χ0v) is 17.1. The molecule has 28 heavy (non-hydrogen) atoms. The Balaban J connectivity index is 1.72. The minimum absolute atomic E-state index is 0.000908. The van der Waals surface area contributed by atoms with Crippen LogP contribution in [0.4, 0.5) is 5.13 Å². The van der Waals surface area contributed by atoms with Gasteiger partial charge >= 0.3 is 0 Å². The molecule has 1 heterocycles. The number of para-hydroxylation sites is 1. The van der Waals surface area contributed by atoms with Crippen molar-refractivity contribution in [1.29, 1.82) is 0 Å². The maximum absolute atomic E-state index is 12.9. The standard InChI is InChI=1S/C22H25N3O2S/c1-24(2)14-9-15-25(21(26)16-27-19-12-7-4-8-13-19)22-23-20(17-28-22)18-10-5-3-6-11-18/h3-8,10-13,17H,9,14-16H2,1-2H3/p+1. The first-order valence-corrected chi connectivity index (χ1v) is 10.3. The number of amides is 1. The van der Waals surface area contributed by atoms with Crippen LogP contribution in [0.1, 0.15) is 6.42 Å². The minimum atomic E-state index is -0.0772. The first kappa shape index (κ1) is 20.0. The average molecular weight is 397 g/mol. The predicted molar refractivity (Wildman–Crippen MR) is 114 cm³/mol. The number of nitrogens with one attached hydrogen (secondary N) is 1. The molecule has 6 heteroatoms. The molecule has 0 saturated heterocycles. The Morgan fingerprint density at radius 1 is 1.07 bits per heavy atom. The molecule has 0 fully saturated rings. The first-order chi connectivity index (χ1) is 13.6. The fourth-order valence-corrected chi connectivity index (χ4v) is 3.66. The second kappa shape index (κ2) is 10.0. The highest BCUT2D eigenvalue weighted by molar-refractivity contribution is 7.14. The maximum Gasteiger partial charge on any atom is 0.266 e. The van der Waals surface area contributed by atoms with Crippen LogP contribution >= 0.6 is 11.3 Å². The van der Waals surface area contributed by atoms with Crippen molar-refractivity contribution in [3.8, 4) is 17.0 Å². The van der Waals surface area contributed by atoms with Crippen molar-refractivity contribution < 1.29 is 14.4 Å². The van der Waals surface area contributed by atoms with E-state index in [1.807, 2.05) is 66.0 Å². The molecule has 1 amide bonds. The number of rotatable bonds is 9. The van der Waals surface area contributed by atoms with E-state index in [2.05, 4.69) is 14.1 Å². The van der Waals surface area contributed by atoms with E-state index in [-0.39, 0.29) is 12.5 Å². The van der Waals surface area contributed by atoms with Crippen molar-refractivity contribution >= 4 is 22.4 Å². The van der Waals surface area contributed by atoms with Crippen LogP contribution in [0.2, 0.25) is 0 Å². The van der Waals surface area contributed by atoms with E-state index >= 15 is 0 Å². The van der Waals surface area contributed by atoms with Crippen LogP contribution in [-0.4, -0.2) is 44.7 Å². The third-order valence-corrected chi connectivity index (χ3v) is 5.12. The SMILES string of the molecule is C[NH+](C)CCCN(C(=O)COc1ccccc1)c1nc(-c2ccccc2)cs1. The smallest absolute Gasteiger partial charge is 0.266 e. The molecule has 1 N–H and O–H groups in total. The number of anilines is 1. The fraction of sp³-hybridized carbons (Fsp3) is 0.273. The number of carbonyl (C=O) groups excluding carboxylic acids is 1. The Bertz CT molecular complexity index is 866. The number of nitrogens with zero attached hydrogens (tertiary/aromatic N) is 2. The number of hydrogen-bond acceptors (Lipinski definition) is 4. The predicted octanol–water partition coefficient (Wildman–Crippen LogP) is 2.76. The molecule has 5 nitrogen and oxygen atoms in total. The van der Waals surface area contributed by atoms with Crippen molar-refractivity contribution in [2.75, 3.05) is 38.7 Å². The zero-order chi connectivity index (χ0) is 19.8. The van der Waals surface area contributed by atoms with E-state index in [1.54, 1.807) is 4.90 Å². The number of benzene rings is 2. The van der Waals surface area contributed by atoms with Crippen LogP contribution in [-0.2, 0) is 4.79 Å². The van der Waals surface area contributed by atoms with Crippen LogP contribution in [0.25, 0.3) is 11.3 Å². The summed E-state index contributed by atoms with van der Waals surface area (Å²) >= 11 is 1.49. The largest absolute Gasteiger partial charge is 0.484 e. The van der Waals surface area contributed by atoms with Gasteiger partial charge < -0.3 is 9.64 Å². The van der Waals surface area contributed by atoms with Crippen LogP contribution in [0.5, 0.6) is 5.75 Å². The molecule has 0 aliphatic heterocycles. The lowest BCUT2D eigenvalue weighted by Crippen LogP contribution is -3.05. The number of hydrogen-bond donors (Lipinski definition) is 1. The van der Waals surface area contributed by atoms with E-state index in [9.17, 15) is 4.79 Å². The van der Waals surface area contributed by atoms with Gasteiger partial charge in [-0.1, -0.05) is 48.5 Å². The molecule has 0 radical (unpaired) electrons. The Kier molecular flexibility index (Phi) is 7.17. The van der Waals surface area contributed by atoms with E-state index < -0.39 is 0 Å². The van der Waals surface area contributed by atoms with Gasteiger partial charge in [0.1, 0.15) is 5.75 Å². The van der Waals surface area contributed by atoms with Crippen molar-refractivity contribution in [2.24, 2.45) is 0 Å². The molecule has 3 rings (SSSR count). The van der Waals surface area contributed by atoms with Crippen LogP contribution in [0.3, 0.4) is 0 Å². The minimum Gasteiger partial charge on any atom is -0.484 e. The summed E-state index contributed by atoms with van der Waals surface area (Å²) in [4.78, 5) is 20.7. The average Bonchev–Trinajstić information content (AvgIpc) is 3.20. The summed E-state index contributed by atoms with van der Waals surface area (Å²) in [5.41, 5.74) is 1.94. The molecule has 0 spiro atoms. The van der Waals surface area contributed by atoms with Crippen molar-refractivity contribution in [1.82, 2.24) is 4.98 Å². The van der Waals surface area contributed by atoms with Gasteiger partial charge in [0, 0.05) is 23.9 Å². The summed E-state index contributed by atoms with van der Waals surface area (Å²) in [5.74, 6) is 0.615. The highest BCUT2D eigenvalue weighted by Gasteiger charge is 2.20. The van der Waals surface area contributed by atoms with Gasteiger partial charge in [-0.05, 0) is 12.1 Å². The summed E-state index contributed by atoms with van der Waals surface area (Å²) in [6.45, 7) is 1.61. The van der Waals surface area contributed by atoms with E-state index in [4.69, 9.17) is 9.72 Å². The van der Waals surface area contributed by atoms with Gasteiger partial charge in [-0.25, -0.2) is 4.98 Å². The fourth-order valence-electron chi connectivity index (χ4n) is 2.79. The molecular formula is C22H26N3O2S+. The molecule has 3 aromatic rings. The lowest BCUT2D eigenvalue weighted by molar-refractivity contribution is -0.858. The number of thiazole rings is 1. The Labute approximate surface area is 170 Å². The summed E-state index contributed by atoms with van der Waals surface area (Å²) in [7, 11) is 4.23. The maximum atomic E-state index is 12.9. The Morgan fingerprint density at radius 3 is 2.43 bits per heavy atom. The van der Waals surface area contributed by atoms with Gasteiger partial charge in [-0.3, -0.25) is 9.69 Å². The van der Waals surface area contributed by atoms with Crippen LogP contribution in [0, 0.1) is 0 Å². The molecular weight excluding hydrogens is 370 g/mol. The monoisotopic (exact) mass is 396 g/mol. The highest BCUT2D eigenvalue weighted by atomic mass is 32.1. The first-order valence-electron chi connectivity index (χ1n) is 9.41. The topological polar surface area (TPSA) is 46.9 Å². The lowest BCUT2D eigenvalue weighted by Gasteiger charge is -2.20. The lowest BCUT2D eigenvalue weighted by atomic mass is 10.2. The number of quaternary nitrogens is 1. The third kappa shape index (κ3) is 5.65. The molecule has 1 aromatic heterocycles. The number of ether oxygens (including phenoxy) is 1. The van der Waals surface area contributed by atoms with Gasteiger partial charge in [0.05, 0.1) is 26.3 Å². The van der Waals surface area contributed by atoms with E-state index in [0.717, 1.165) is 24.2 Å². The van der Waals surface area contributed by atoms with Crippen molar-refractivity contribution in [3.63, 3.8) is 0 Å². The zero-order valence-electron chi connectivity index (χ0n) is 16.3. The van der Waals surface area contributed by atoms with E-state index in [1.165, 1.54) is 16.2 Å². The second-order valence-electron chi connectivity index (χ2n) is 6.84. The molecule has 0 aliphatic carbocycles. The van der Waals surface area contributed by atoms with Crippen LogP contribution in [0.15, 0.2) is 66.0 Å². The van der Waals surface area contributed by atoms with E-state index in [0.29, 0.717) is 17.4 Å². The van der Waals surface area contributed by atoms with Crippen molar-refractivity contribution in [3.05, 3.63) is 66.0 Å². The van der Waals surface area contributed by atoms with Gasteiger partial charge in [-0.15, -0.1) is 11.3 Å². The van der Waals surface area contributed by atoms with Gasteiger partial charge in [-0.2, -0.15) is 0 Å². The van der Waals surface area contributed by atoms with Crippen molar-refractivity contribution in [2.45, 2.75) is 6.42 Å². The summed E-state index contributed by atoms with van der Waals surface area (Å²) in [6, 6.07) is 19.4. The van der Waals surface area contributed by atoms with Gasteiger partial charge in [0.15, 0.2) is 11.7 Å². The molecule has 0 bridgehead atoms. The molecule has 0 unspecified atom stereocenters. The summed E-state index contributed by atoms with van der Waals surface area (Å²) < 4.78 is 5.67. The molecule has 0 aliphatic rings. The Hall–Kier alpha value is -2.70. The Morgan fingerprint density at radius 2 is 1.75 bits per heavy atom. The van der Waals surface area contributed by atoms with Gasteiger partial charge in [0.2, 0.25) is 0 Å². The quantitative estimate of drug-likeness (QED) is 0.605. The van der Waals surface area contributed by atoms with Gasteiger partial charge in [0.25, 0.3) is 5.91 Å². The molecule has 146 valence electrons.